The van der Waals surface area contributed by atoms with Gasteiger partial charge in [-0.05, 0) is 0 Å². The van der Waals surface area contributed by atoms with Crippen molar-refractivity contribution in [3.63, 3.8) is 0 Å². The zero-order chi connectivity index (χ0) is 14.9. The summed E-state index contributed by atoms with van der Waals surface area (Å²) < 4.78 is 2.66. The van der Waals surface area contributed by atoms with Crippen molar-refractivity contribution in [2.45, 2.75) is 30.3 Å². The molecule has 0 aliphatic rings. The van der Waals surface area contributed by atoms with Crippen LogP contribution >= 0.6 is 0 Å². The van der Waals surface area contributed by atoms with E-state index in [9.17, 15) is 5.11 Å². The summed E-state index contributed by atoms with van der Waals surface area (Å²) in [5, 5.41) is 10.5. The Bertz CT molecular complexity index is 548. The van der Waals surface area contributed by atoms with E-state index in [0.717, 1.165) is 5.56 Å². The van der Waals surface area contributed by atoms with Crippen molar-refractivity contribution >= 4 is 24.5 Å². The third kappa shape index (κ3) is 5.32. The second kappa shape index (κ2) is 9.05. The van der Waals surface area contributed by atoms with Crippen LogP contribution < -0.4 is 0 Å². The van der Waals surface area contributed by atoms with Gasteiger partial charge in [0.15, 0.2) is 0 Å². The summed E-state index contributed by atoms with van der Waals surface area (Å²) in [6.07, 6.45) is 4.08. The maximum absolute atomic E-state index is 10.5. The quantitative estimate of drug-likeness (QED) is 0.534. The van der Waals surface area contributed by atoms with E-state index in [2.05, 4.69) is 37.3 Å². The molecule has 2 heteroatoms. The fourth-order valence-corrected chi connectivity index (χ4v) is 5.42. The molecule has 0 radical (unpaired) electrons. The monoisotopic (exact) mass is 396 g/mol. The summed E-state index contributed by atoms with van der Waals surface area (Å²) in [5.41, 5.74) is 2.24. The van der Waals surface area contributed by atoms with E-state index < -0.39 is 6.10 Å². The molecule has 1 atom stereocenters. The van der Waals surface area contributed by atoms with Crippen molar-refractivity contribution in [2.75, 3.05) is 0 Å². The van der Waals surface area contributed by atoms with Gasteiger partial charge in [0.1, 0.15) is 0 Å². The van der Waals surface area contributed by atoms with Crippen LogP contribution in [-0.4, -0.2) is 26.0 Å². The predicted octanol–water partition coefficient (Wildman–Crippen LogP) is 4.68. The Morgan fingerprint density at radius 3 is 2.29 bits per heavy atom. The molecule has 21 heavy (non-hydrogen) atoms. The molecule has 0 bridgehead atoms. The van der Waals surface area contributed by atoms with Crippen LogP contribution in [0.4, 0.5) is 0 Å². The van der Waals surface area contributed by atoms with Gasteiger partial charge < -0.3 is 0 Å². The fourth-order valence-electron chi connectivity index (χ4n) is 2.05. The van der Waals surface area contributed by atoms with E-state index in [-0.39, 0.29) is 20.9 Å². The normalized spacial score (nSPS) is 13.1. The molecule has 0 aliphatic heterocycles. The number of aliphatic hydroxyl groups excluding tert-OH is 1. The van der Waals surface area contributed by atoms with Gasteiger partial charge in [-0.3, -0.25) is 0 Å². The first-order chi connectivity index (χ1) is 10.3. The summed E-state index contributed by atoms with van der Waals surface area (Å²) in [5.74, 6) is 0. The number of hydrogen-bond donors (Lipinski definition) is 1. The molecule has 110 valence electrons. The number of benzene rings is 2. The molecule has 0 amide bonds. The van der Waals surface area contributed by atoms with Crippen LogP contribution in [0.1, 0.15) is 37.0 Å². The van der Waals surface area contributed by atoms with Crippen molar-refractivity contribution in [3.8, 4) is 0 Å². The molecule has 0 fully saturated rings. The van der Waals surface area contributed by atoms with Gasteiger partial charge in [0.25, 0.3) is 0 Å². The van der Waals surface area contributed by atoms with Crippen LogP contribution in [0.3, 0.4) is 0 Å². The van der Waals surface area contributed by atoms with Crippen LogP contribution in [0.25, 0.3) is 3.62 Å². The minimum atomic E-state index is -0.506. The van der Waals surface area contributed by atoms with Gasteiger partial charge in [-0.2, -0.15) is 0 Å². The topological polar surface area (TPSA) is 20.2 Å². The zero-order valence-electron chi connectivity index (χ0n) is 12.4. The molecule has 1 N–H and O–H groups in total. The molecule has 0 saturated heterocycles. The van der Waals surface area contributed by atoms with Crippen LogP contribution in [0.2, 0.25) is 4.47 Å². The third-order valence-corrected chi connectivity index (χ3v) is 6.62. The SMILES string of the molecule is CCCC[Te]/C(=C\[C@@H](O)c1ccccc1)c1ccccc1. The molecule has 0 saturated carbocycles. The Morgan fingerprint density at radius 2 is 1.67 bits per heavy atom. The molecule has 0 aliphatic carbocycles. The van der Waals surface area contributed by atoms with E-state index in [4.69, 9.17) is 0 Å². The first-order valence-corrected chi connectivity index (χ1v) is 10.3. The number of unbranched alkanes of at least 4 members (excludes halogenated alkanes) is 1. The molecular weight excluding hydrogens is 372 g/mol. The average molecular weight is 394 g/mol. The van der Waals surface area contributed by atoms with Crippen LogP contribution in [0, 0.1) is 0 Å². The third-order valence-electron chi connectivity index (χ3n) is 3.26. The summed E-state index contributed by atoms with van der Waals surface area (Å²) in [4.78, 5) is 0. The summed E-state index contributed by atoms with van der Waals surface area (Å²) >= 11 is -0.244. The number of aliphatic hydroxyl groups is 1. The molecule has 0 aromatic heterocycles. The summed E-state index contributed by atoms with van der Waals surface area (Å²) in [6.45, 7) is 2.23. The van der Waals surface area contributed by atoms with Crippen molar-refractivity contribution in [1.29, 1.82) is 0 Å². The summed E-state index contributed by atoms with van der Waals surface area (Å²) in [6, 6.07) is 20.4. The Kier molecular flexibility index (Phi) is 7.03. The van der Waals surface area contributed by atoms with E-state index in [1.54, 1.807) is 0 Å². The predicted molar refractivity (Wildman–Crippen MR) is 91.3 cm³/mol. The first-order valence-electron chi connectivity index (χ1n) is 7.44. The van der Waals surface area contributed by atoms with Gasteiger partial charge in [-0.1, -0.05) is 0 Å². The average Bonchev–Trinajstić information content (AvgIpc) is 2.55. The molecule has 2 aromatic carbocycles. The van der Waals surface area contributed by atoms with Crippen molar-refractivity contribution in [2.24, 2.45) is 0 Å². The van der Waals surface area contributed by atoms with Crippen molar-refractivity contribution < 1.29 is 5.11 Å². The van der Waals surface area contributed by atoms with Crippen LogP contribution in [-0.2, 0) is 0 Å². The fraction of sp³-hybridized carbons (Fsp3) is 0.263. The van der Waals surface area contributed by atoms with Gasteiger partial charge in [-0.15, -0.1) is 0 Å². The molecule has 0 spiro atoms. The number of hydrogen-bond acceptors (Lipinski definition) is 1. The van der Waals surface area contributed by atoms with E-state index >= 15 is 0 Å². The Hall–Kier alpha value is -1.07. The van der Waals surface area contributed by atoms with Crippen molar-refractivity contribution in [3.05, 3.63) is 77.9 Å². The van der Waals surface area contributed by atoms with Gasteiger partial charge in [0.2, 0.25) is 0 Å². The number of rotatable bonds is 7. The molecule has 2 aromatic rings. The second-order valence-electron chi connectivity index (χ2n) is 4.95. The molecule has 1 nitrogen and oxygen atoms in total. The standard InChI is InChI=1S/C19H22OTe/c1-2-3-14-21-19(17-12-8-5-9-13-17)15-18(20)16-10-6-4-7-11-16/h4-13,15,18,20H,2-3,14H2,1H3/b19-15-/t18-/m1/s1. The van der Waals surface area contributed by atoms with Gasteiger partial charge in [-0.25, -0.2) is 0 Å². The molecular formula is C19H22OTe. The second-order valence-corrected chi connectivity index (χ2v) is 8.20. The zero-order valence-corrected chi connectivity index (χ0v) is 14.7. The van der Waals surface area contributed by atoms with Crippen LogP contribution in [0.5, 0.6) is 0 Å². The van der Waals surface area contributed by atoms with Crippen molar-refractivity contribution in [1.82, 2.24) is 0 Å². The molecule has 0 unspecified atom stereocenters. The van der Waals surface area contributed by atoms with Gasteiger partial charge >= 0.3 is 138 Å². The minimum absolute atomic E-state index is 0.244. The van der Waals surface area contributed by atoms with Gasteiger partial charge in [0, 0.05) is 0 Å². The molecule has 0 heterocycles. The Balaban J connectivity index is 2.20. The Labute approximate surface area is 137 Å². The Morgan fingerprint density at radius 1 is 1.05 bits per heavy atom. The first kappa shape index (κ1) is 16.3. The van der Waals surface area contributed by atoms with E-state index in [0.29, 0.717) is 0 Å². The van der Waals surface area contributed by atoms with E-state index in [1.165, 1.54) is 26.5 Å². The van der Waals surface area contributed by atoms with Crippen LogP contribution in [0.15, 0.2) is 66.7 Å². The van der Waals surface area contributed by atoms with Gasteiger partial charge in [0.05, 0.1) is 0 Å². The van der Waals surface area contributed by atoms with E-state index in [1.807, 2.05) is 36.4 Å². The maximum atomic E-state index is 10.5. The molecule has 2 rings (SSSR count). The summed E-state index contributed by atoms with van der Waals surface area (Å²) in [7, 11) is 0.